The third kappa shape index (κ3) is 3.96. The molecule has 0 amide bonds. The molecule has 132 valence electrons. The lowest BCUT2D eigenvalue weighted by molar-refractivity contribution is 0.139. The lowest BCUT2D eigenvalue weighted by Gasteiger charge is -2.34. The maximum atomic E-state index is 10.6. The highest BCUT2D eigenvalue weighted by atomic mass is 16.3. The van der Waals surface area contributed by atoms with Gasteiger partial charge in [0.1, 0.15) is 0 Å². The van der Waals surface area contributed by atoms with E-state index in [4.69, 9.17) is 0 Å². The van der Waals surface area contributed by atoms with Crippen molar-refractivity contribution in [1.29, 1.82) is 0 Å². The number of rotatable bonds is 3. The Morgan fingerprint density at radius 3 is 2.68 bits per heavy atom. The topological polar surface area (TPSA) is 23.5 Å². The van der Waals surface area contributed by atoms with E-state index in [2.05, 4.69) is 59.5 Å². The van der Waals surface area contributed by atoms with Gasteiger partial charge in [-0.15, -0.1) is 0 Å². The van der Waals surface area contributed by atoms with Crippen molar-refractivity contribution >= 4 is 0 Å². The number of benzene rings is 1. The summed E-state index contributed by atoms with van der Waals surface area (Å²) in [6, 6.07) is 11.0. The van der Waals surface area contributed by atoms with E-state index in [9.17, 15) is 5.11 Å². The Kier molecular flexibility index (Phi) is 5.19. The summed E-state index contributed by atoms with van der Waals surface area (Å²) in [5.41, 5.74) is 4.01. The molecule has 25 heavy (non-hydrogen) atoms. The second-order valence-corrected chi connectivity index (χ2v) is 7.82. The third-order valence-electron chi connectivity index (χ3n) is 6.11. The van der Waals surface area contributed by atoms with Crippen molar-refractivity contribution in [2.75, 3.05) is 19.6 Å². The molecule has 0 aromatic heterocycles. The molecule has 0 radical (unpaired) electrons. The minimum absolute atomic E-state index is 0.287. The van der Waals surface area contributed by atoms with Crippen LogP contribution in [0.4, 0.5) is 0 Å². The van der Waals surface area contributed by atoms with Gasteiger partial charge in [0, 0.05) is 6.54 Å². The molecule has 0 saturated carbocycles. The van der Waals surface area contributed by atoms with Crippen molar-refractivity contribution in [2.45, 2.75) is 44.1 Å². The minimum atomic E-state index is -0.287. The van der Waals surface area contributed by atoms with Crippen LogP contribution in [0.25, 0.3) is 0 Å². The summed E-state index contributed by atoms with van der Waals surface area (Å²) in [4.78, 5) is 2.62. The maximum absolute atomic E-state index is 10.6. The van der Waals surface area contributed by atoms with Crippen LogP contribution in [0.15, 0.2) is 65.8 Å². The van der Waals surface area contributed by atoms with Crippen molar-refractivity contribution in [1.82, 2.24) is 4.90 Å². The highest BCUT2D eigenvalue weighted by Crippen LogP contribution is 2.33. The third-order valence-corrected chi connectivity index (χ3v) is 6.11. The molecule has 1 saturated heterocycles. The number of hydrogen-bond donors (Lipinski definition) is 1. The predicted octanol–water partition coefficient (Wildman–Crippen LogP) is 4.45. The molecule has 4 rings (SSSR count). The molecule has 0 bridgehead atoms. The first-order valence-corrected chi connectivity index (χ1v) is 9.81. The van der Waals surface area contributed by atoms with E-state index >= 15 is 0 Å². The number of aliphatic hydroxyl groups is 1. The van der Waals surface area contributed by atoms with Crippen LogP contribution in [0.1, 0.15) is 43.6 Å². The molecular formula is C23H29NO. The Balaban J connectivity index is 1.32. The monoisotopic (exact) mass is 335 g/mol. The van der Waals surface area contributed by atoms with Crippen LogP contribution in [0, 0.1) is 5.92 Å². The average molecular weight is 335 g/mol. The zero-order valence-corrected chi connectivity index (χ0v) is 15.0. The van der Waals surface area contributed by atoms with Crippen molar-refractivity contribution in [3.63, 3.8) is 0 Å². The first kappa shape index (κ1) is 16.8. The molecule has 2 aliphatic carbocycles. The van der Waals surface area contributed by atoms with Gasteiger partial charge in [0.15, 0.2) is 0 Å². The van der Waals surface area contributed by atoms with Gasteiger partial charge in [-0.3, -0.25) is 0 Å². The summed E-state index contributed by atoms with van der Waals surface area (Å²) < 4.78 is 0. The smallest absolute Gasteiger partial charge is 0.0795 e. The van der Waals surface area contributed by atoms with Gasteiger partial charge in [-0.05, 0) is 73.7 Å². The molecule has 1 aromatic carbocycles. The largest absolute Gasteiger partial charge is 0.388 e. The van der Waals surface area contributed by atoms with Gasteiger partial charge in [-0.25, -0.2) is 0 Å². The number of hydrogen-bond acceptors (Lipinski definition) is 2. The summed E-state index contributed by atoms with van der Waals surface area (Å²) in [7, 11) is 0. The maximum Gasteiger partial charge on any atom is 0.0795 e. The number of aliphatic hydroxyl groups excluding tert-OH is 1. The van der Waals surface area contributed by atoms with Gasteiger partial charge < -0.3 is 10.0 Å². The van der Waals surface area contributed by atoms with Gasteiger partial charge in [0.2, 0.25) is 0 Å². The SMILES string of the molecule is OC1CC(CN2CCC(c3ccccc3)CC2)CC=C2CC=CC=C21. The zero-order valence-electron chi connectivity index (χ0n) is 15.0. The van der Waals surface area contributed by atoms with Gasteiger partial charge in [-0.2, -0.15) is 0 Å². The fourth-order valence-electron chi connectivity index (χ4n) is 4.65. The summed E-state index contributed by atoms with van der Waals surface area (Å²) in [6.45, 7) is 3.50. The highest BCUT2D eigenvalue weighted by molar-refractivity contribution is 5.42. The van der Waals surface area contributed by atoms with Gasteiger partial charge in [0.25, 0.3) is 0 Å². The molecule has 1 fully saturated rings. The standard InChI is InChI=1S/C23H29NO/c25-23-16-18(10-11-21-8-4-5-9-22(21)23)17-24-14-12-20(13-15-24)19-6-2-1-3-7-19/h1-7,9,11,18,20,23,25H,8,10,12-17H2. The van der Waals surface area contributed by atoms with Crippen LogP contribution in [-0.2, 0) is 0 Å². The quantitative estimate of drug-likeness (QED) is 0.882. The summed E-state index contributed by atoms with van der Waals surface area (Å²) in [5, 5.41) is 10.6. The Morgan fingerprint density at radius 2 is 1.88 bits per heavy atom. The molecule has 2 heteroatoms. The molecule has 2 atom stereocenters. The van der Waals surface area contributed by atoms with E-state index < -0.39 is 0 Å². The van der Waals surface area contributed by atoms with E-state index in [0.29, 0.717) is 5.92 Å². The second kappa shape index (κ2) is 7.72. The molecule has 1 aliphatic heterocycles. The molecule has 1 heterocycles. The Bertz CT molecular complexity index is 665. The van der Waals surface area contributed by atoms with Crippen LogP contribution in [0.5, 0.6) is 0 Å². The van der Waals surface area contributed by atoms with Crippen molar-refractivity contribution < 1.29 is 5.11 Å². The number of likely N-dealkylation sites (tertiary alicyclic amines) is 1. The molecular weight excluding hydrogens is 306 g/mol. The predicted molar refractivity (Wildman–Crippen MR) is 104 cm³/mol. The van der Waals surface area contributed by atoms with Crippen molar-refractivity contribution in [2.24, 2.45) is 5.92 Å². The molecule has 1 N–H and O–H groups in total. The van der Waals surface area contributed by atoms with Gasteiger partial charge in [-0.1, -0.05) is 54.6 Å². The van der Waals surface area contributed by atoms with Crippen molar-refractivity contribution in [3.8, 4) is 0 Å². The van der Waals surface area contributed by atoms with Crippen LogP contribution in [0.2, 0.25) is 0 Å². The number of allylic oxidation sites excluding steroid dienone is 4. The number of fused-ring (bicyclic) bond motifs is 1. The fraction of sp³-hybridized carbons (Fsp3) is 0.478. The van der Waals surface area contributed by atoms with Crippen LogP contribution < -0.4 is 0 Å². The van der Waals surface area contributed by atoms with Crippen LogP contribution >= 0.6 is 0 Å². The summed E-state index contributed by atoms with van der Waals surface area (Å²) in [6.07, 6.45) is 14.0. The first-order valence-electron chi connectivity index (χ1n) is 9.81. The lowest BCUT2D eigenvalue weighted by Crippen LogP contribution is -2.37. The highest BCUT2D eigenvalue weighted by Gasteiger charge is 2.27. The van der Waals surface area contributed by atoms with E-state index in [1.54, 1.807) is 0 Å². The molecule has 1 aromatic rings. The average Bonchev–Trinajstić information content (AvgIpc) is 2.82. The molecule has 0 spiro atoms. The molecule has 2 unspecified atom stereocenters. The van der Waals surface area contributed by atoms with Gasteiger partial charge >= 0.3 is 0 Å². The summed E-state index contributed by atoms with van der Waals surface area (Å²) in [5.74, 6) is 1.29. The van der Waals surface area contributed by atoms with E-state index in [1.165, 1.54) is 37.1 Å². The molecule has 2 nitrogen and oxygen atoms in total. The van der Waals surface area contributed by atoms with E-state index in [1.807, 2.05) is 0 Å². The Labute approximate surface area is 151 Å². The lowest BCUT2D eigenvalue weighted by atomic mass is 9.88. The zero-order chi connectivity index (χ0) is 17.1. The second-order valence-electron chi connectivity index (χ2n) is 7.82. The van der Waals surface area contributed by atoms with Crippen LogP contribution in [0.3, 0.4) is 0 Å². The van der Waals surface area contributed by atoms with Gasteiger partial charge in [0.05, 0.1) is 6.10 Å². The van der Waals surface area contributed by atoms with Crippen LogP contribution in [-0.4, -0.2) is 35.7 Å². The molecule has 3 aliphatic rings. The fourth-order valence-corrected chi connectivity index (χ4v) is 4.65. The normalized spacial score (nSPS) is 28.0. The Hall–Kier alpha value is -1.64. The van der Waals surface area contributed by atoms with E-state index in [-0.39, 0.29) is 6.10 Å². The van der Waals surface area contributed by atoms with E-state index in [0.717, 1.165) is 37.3 Å². The first-order chi connectivity index (χ1) is 12.3. The van der Waals surface area contributed by atoms with Crippen molar-refractivity contribution in [3.05, 3.63) is 71.3 Å². The minimum Gasteiger partial charge on any atom is -0.388 e. The Morgan fingerprint density at radius 1 is 1.08 bits per heavy atom. The number of piperidine rings is 1. The number of nitrogens with zero attached hydrogens (tertiary/aromatic N) is 1. The summed E-state index contributed by atoms with van der Waals surface area (Å²) >= 11 is 0.